The second kappa shape index (κ2) is 12.7. The van der Waals surface area contributed by atoms with E-state index in [-0.39, 0.29) is 12.2 Å². The van der Waals surface area contributed by atoms with E-state index in [2.05, 4.69) is 43.1 Å². The molecule has 0 atom stereocenters. The molecule has 176 valence electrons. The summed E-state index contributed by atoms with van der Waals surface area (Å²) >= 11 is 6.81. The summed E-state index contributed by atoms with van der Waals surface area (Å²) in [4.78, 5) is 12.7. The minimum atomic E-state index is -0.543. The maximum absolute atomic E-state index is 12.7. The van der Waals surface area contributed by atoms with Gasteiger partial charge in [0.15, 0.2) is 11.5 Å². The Balaban J connectivity index is 1.68. The van der Waals surface area contributed by atoms with E-state index in [1.807, 2.05) is 30.3 Å². The van der Waals surface area contributed by atoms with Crippen LogP contribution >= 0.6 is 31.9 Å². The number of nitrogens with one attached hydrogen (secondary N) is 1. The first kappa shape index (κ1) is 25.9. The van der Waals surface area contributed by atoms with Gasteiger partial charge in [-0.25, -0.2) is 0 Å². The molecule has 0 aliphatic heterocycles. The normalized spacial score (nSPS) is 10.6. The van der Waals surface area contributed by atoms with Gasteiger partial charge < -0.3 is 19.5 Å². The van der Waals surface area contributed by atoms with Crippen LogP contribution in [-0.4, -0.2) is 19.6 Å². The van der Waals surface area contributed by atoms with E-state index in [9.17, 15) is 10.1 Å². The maximum Gasteiger partial charge on any atom is 0.266 e. The number of anilines is 1. The van der Waals surface area contributed by atoms with Crippen LogP contribution in [0, 0.1) is 23.7 Å². The highest BCUT2D eigenvalue weighted by atomic mass is 79.9. The first-order valence-corrected chi connectivity index (χ1v) is 11.9. The summed E-state index contributed by atoms with van der Waals surface area (Å²) in [5.74, 6) is 3.36. The minimum absolute atomic E-state index is 0.0735. The molecule has 1 amide bonds. The number of hydrogen-bond donors (Lipinski definition) is 1. The van der Waals surface area contributed by atoms with Gasteiger partial charge in [0.05, 0.1) is 11.6 Å². The number of nitriles is 1. The Kier molecular flexibility index (Phi) is 9.37. The van der Waals surface area contributed by atoms with Crippen LogP contribution in [0.4, 0.5) is 5.69 Å². The van der Waals surface area contributed by atoms with E-state index in [0.717, 1.165) is 10.0 Å². The Morgan fingerprint density at radius 2 is 1.80 bits per heavy atom. The molecule has 0 aliphatic carbocycles. The van der Waals surface area contributed by atoms with Gasteiger partial charge in [0.25, 0.3) is 5.91 Å². The van der Waals surface area contributed by atoms with Crippen molar-refractivity contribution >= 4 is 49.5 Å². The molecule has 6 nitrogen and oxygen atoms in total. The Labute approximate surface area is 220 Å². The topological polar surface area (TPSA) is 80.6 Å². The first-order chi connectivity index (χ1) is 16.9. The van der Waals surface area contributed by atoms with Crippen molar-refractivity contribution in [3.8, 4) is 35.7 Å². The number of carbonyl (C=O) groups excluding carboxylic acids is 1. The monoisotopic (exact) mass is 594 g/mol. The molecule has 8 heteroatoms. The molecular formula is C27H20Br2N2O4. The lowest BCUT2D eigenvalue weighted by Gasteiger charge is -2.12. The van der Waals surface area contributed by atoms with Crippen LogP contribution in [0.1, 0.15) is 11.1 Å². The number of terminal acetylenes is 1. The molecule has 0 fully saturated rings. The molecular weight excluding hydrogens is 576 g/mol. The van der Waals surface area contributed by atoms with Crippen molar-refractivity contribution in [2.45, 2.75) is 6.61 Å². The summed E-state index contributed by atoms with van der Waals surface area (Å²) in [6.07, 6.45) is 6.71. The lowest BCUT2D eigenvalue weighted by atomic mass is 10.1. The second-order valence-electron chi connectivity index (χ2n) is 7.09. The van der Waals surface area contributed by atoms with Gasteiger partial charge in [-0.1, -0.05) is 34.0 Å². The maximum atomic E-state index is 12.7. The summed E-state index contributed by atoms with van der Waals surface area (Å²) < 4.78 is 18.2. The molecule has 1 N–H and O–H groups in total. The molecule has 0 spiro atoms. The molecule has 3 aromatic rings. The van der Waals surface area contributed by atoms with Crippen LogP contribution in [0.15, 0.2) is 75.2 Å². The van der Waals surface area contributed by atoms with Crippen molar-refractivity contribution in [2.75, 3.05) is 19.0 Å². The van der Waals surface area contributed by atoms with Gasteiger partial charge in [0.2, 0.25) is 0 Å². The predicted molar refractivity (Wildman–Crippen MR) is 142 cm³/mol. The summed E-state index contributed by atoms with van der Waals surface area (Å²) in [6.45, 7) is 0.496. The number of nitrogens with zero attached hydrogens (tertiary/aromatic N) is 1. The lowest BCUT2D eigenvalue weighted by Crippen LogP contribution is -2.13. The molecule has 3 rings (SSSR count). The van der Waals surface area contributed by atoms with Crippen molar-refractivity contribution in [3.63, 3.8) is 0 Å². The number of carbonyl (C=O) groups is 1. The lowest BCUT2D eigenvalue weighted by molar-refractivity contribution is -0.112. The number of amides is 1. The predicted octanol–water partition coefficient (Wildman–Crippen LogP) is 6.36. The van der Waals surface area contributed by atoms with Gasteiger partial charge >= 0.3 is 0 Å². The van der Waals surface area contributed by atoms with E-state index in [1.165, 1.54) is 13.2 Å². The van der Waals surface area contributed by atoms with Crippen LogP contribution in [0.3, 0.4) is 0 Å². The van der Waals surface area contributed by atoms with Crippen molar-refractivity contribution in [1.29, 1.82) is 5.26 Å². The van der Waals surface area contributed by atoms with Crippen LogP contribution in [-0.2, 0) is 11.4 Å². The summed E-state index contributed by atoms with van der Waals surface area (Å²) in [5, 5.41) is 12.3. The summed E-state index contributed by atoms with van der Waals surface area (Å²) in [7, 11) is 1.49. The fourth-order valence-electron chi connectivity index (χ4n) is 2.97. The highest BCUT2D eigenvalue weighted by Crippen LogP contribution is 2.37. The number of halogens is 2. The van der Waals surface area contributed by atoms with Crippen LogP contribution in [0.25, 0.3) is 6.08 Å². The highest BCUT2D eigenvalue weighted by Gasteiger charge is 2.14. The molecule has 0 aliphatic rings. The van der Waals surface area contributed by atoms with E-state index in [4.69, 9.17) is 20.6 Å². The smallest absolute Gasteiger partial charge is 0.266 e. The number of hydrogen-bond acceptors (Lipinski definition) is 5. The third kappa shape index (κ3) is 7.38. The minimum Gasteiger partial charge on any atom is -0.493 e. The van der Waals surface area contributed by atoms with E-state index < -0.39 is 5.91 Å². The van der Waals surface area contributed by atoms with Crippen molar-refractivity contribution < 1.29 is 19.0 Å². The molecule has 0 saturated carbocycles. The zero-order chi connectivity index (χ0) is 25.2. The third-order valence-corrected chi connectivity index (χ3v) is 5.78. The number of rotatable bonds is 9. The van der Waals surface area contributed by atoms with Crippen molar-refractivity contribution in [3.05, 3.63) is 86.3 Å². The van der Waals surface area contributed by atoms with Gasteiger partial charge in [-0.05, 0) is 81.7 Å². The number of ether oxygens (including phenoxy) is 3. The van der Waals surface area contributed by atoms with E-state index in [1.54, 1.807) is 36.4 Å². The molecule has 3 aromatic carbocycles. The molecule has 0 aromatic heterocycles. The number of methoxy groups -OCH3 is 1. The second-order valence-corrected chi connectivity index (χ2v) is 8.86. The molecule has 0 saturated heterocycles. The fourth-order valence-corrected chi connectivity index (χ4v) is 3.81. The first-order valence-electron chi connectivity index (χ1n) is 10.3. The van der Waals surface area contributed by atoms with Crippen molar-refractivity contribution in [2.24, 2.45) is 0 Å². The molecule has 0 radical (unpaired) electrons. The zero-order valence-corrected chi connectivity index (χ0v) is 21.9. The molecule has 35 heavy (non-hydrogen) atoms. The Morgan fingerprint density at radius 3 is 2.43 bits per heavy atom. The Morgan fingerprint density at radius 1 is 1.09 bits per heavy atom. The van der Waals surface area contributed by atoms with E-state index >= 15 is 0 Å². The average Bonchev–Trinajstić information content (AvgIpc) is 2.86. The fraction of sp³-hybridized carbons (Fsp3) is 0.111. The van der Waals surface area contributed by atoms with Crippen molar-refractivity contribution in [1.82, 2.24) is 0 Å². The van der Waals surface area contributed by atoms with Gasteiger partial charge in [-0.3, -0.25) is 4.79 Å². The van der Waals surface area contributed by atoms with Gasteiger partial charge in [-0.15, -0.1) is 6.42 Å². The highest BCUT2D eigenvalue weighted by molar-refractivity contribution is 9.10. The van der Waals surface area contributed by atoms with Gasteiger partial charge in [0, 0.05) is 10.2 Å². The third-order valence-electron chi connectivity index (χ3n) is 4.66. The molecule has 0 bridgehead atoms. The van der Waals surface area contributed by atoms with Crippen LogP contribution < -0.4 is 19.5 Å². The zero-order valence-electron chi connectivity index (χ0n) is 18.7. The quantitative estimate of drug-likeness (QED) is 0.177. The number of benzene rings is 3. The van der Waals surface area contributed by atoms with Gasteiger partial charge in [-0.2, -0.15) is 5.26 Å². The SMILES string of the molecule is C#CCOc1c(Br)cc(/C=C(\C#N)C(=O)Nc2ccc(OCc3ccc(Br)cc3)cc2)cc1OC. The Hall–Kier alpha value is -3.72. The Bertz CT molecular complexity index is 1310. The summed E-state index contributed by atoms with van der Waals surface area (Å²) in [6, 6.07) is 20.1. The average molecular weight is 596 g/mol. The standard InChI is InChI=1S/C27H20Br2N2O4/c1-3-12-34-26-24(29)14-19(15-25(26)33-2)13-20(16-30)27(32)31-22-8-10-23(11-9-22)35-17-18-4-6-21(28)7-5-18/h1,4-11,13-15H,12,17H2,2H3,(H,31,32)/b20-13+. The van der Waals surface area contributed by atoms with E-state index in [0.29, 0.717) is 39.6 Å². The molecule has 0 unspecified atom stereocenters. The van der Waals surface area contributed by atoms with Crippen LogP contribution in [0.5, 0.6) is 17.2 Å². The summed E-state index contributed by atoms with van der Waals surface area (Å²) in [5.41, 5.74) is 2.06. The van der Waals surface area contributed by atoms with Crippen LogP contribution in [0.2, 0.25) is 0 Å². The largest absolute Gasteiger partial charge is 0.493 e. The van der Waals surface area contributed by atoms with Gasteiger partial charge in [0.1, 0.15) is 30.6 Å². The molecule has 0 heterocycles.